The molecule has 1 aliphatic heterocycles. The number of rotatable bonds is 4. The summed E-state index contributed by atoms with van der Waals surface area (Å²) in [5.41, 5.74) is 0.772. The molecular formula is C15H21NO3. The maximum absolute atomic E-state index is 12.1. The van der Waals surface area contributed by atoms with Crippen LogP contribution in [0.1, 0.15) is 31.9 Å². The van der Waals surface area contributed by atoms with E-state index in [2.05, 4.69) is 0 Å². The zero-order valence-corrected chi connectivity index (χ0v) is 11.7. The highest BCUT2D eigenvalue weighted by Crippen LogP contribution is 2.35. The van der Waals surface area contributed by atoms with Crippen molar-refractivity contribution in [3.8, 4) is 5.75 Å². The van der Waals surface area contributed by atoms with E-state index in [1.165, 1.54) is 0 Å². The molecule has 104 valence electrons. The minimum absolute atomic E-state index is 0.0202. The standard InChI is InChI=1S/C15H21NO3/c1-11(12-4-6-13(19-3)7-5-12)16-9-15(2,10-17)8-14(16)18/h4-7,11,17H,8-10H2,1-3H3/t11-,15?/m0/s1. The lowest BCUT2D eigenvalue weighted by Crippen LogP contribution is -2.31. The van der Waals surface area contributed by atoms with Crippen molar-refractivity contribution < 1.29 is 14.6 Å². The molecule has 0 aromatic heterocycles. The van der Waals surface area contributed by atoms with E-state index in [0.717, 1.165) is 11.3 Å². The van der Waals surface area contributed by atoms with Gasteiger partial charge in [-0.15, -0.1) is 0 Å². The molecule has 0 bridgehead atoms. The molecule has 2 atom stereocenters. The van der Waals surface area contributed by atoms with Crippen molar-refractivity contribution in [2.75, 3.05) is 20.3 Å². The highest BCUT2D eigenvalue weighted by molar-refractivity contribution is 5.80. The molecule has 1 N–H and O–H groups in total. The molecule has 4 nitrogen and oxygen atoms in total. The van der Waals surface area contributed by atoms with E-state index < -0.39 is 0 Å². The molecule has 1 saturated heterocycles. The first-order valence-corrected chi connectivity index (χ1v) is 6.53. The molecule has 1 heterocycles. The highest BCUT2D eigenvalue weighted by Gasteiger charge is 2.41. The van der Waals surface area contributed by atoms with Crippen LogP contribution in [0.3, 0.4) is 0 Å². The van der Waals surface area contributed by atoms with Gasteiger partial charge in [-0.1, -0.05) is 19.1 Å². The summed E-state index contributed by atoms with van der Waals surface area (Å²) in [5.74, 6) is 0.920. The summed E-state index contributed by atoms with van der Waals surface area (Å²) in [7, 11) is 1.63. The van der Waals surface area contributed by atoms with Crippen LogP contribution >= 0.6 is 0 Å². The van der Waals surface area contributed by atoms with Crippen LogP contribution in [0.5, 0.6) is 5.75 Å². The van der Waals surface area contributed by atoms with Crippen LogP contribution in [-0.4, -0.2) is 36.2 Å². The first kappa shape index (κ1) is 13.9. The fraction of sp³-hybridized carbons (Fsp3) is 0.533. The summed E-state index contributed by atoms with van der Waals surface area (Å²) < 4.78 is 5.13. The second-order valence-electron chi connectivity index (χ2n) is 5.62. The van der Waals surface area contributed by atoms with E-state index in [0.29, 0.717) is 13.0 Å². The summed E-state index contributed by atoms with van der Waals surface area (Å²) >= 11 is 0. The van der Waals surface area contributed by atoms with Gasteiger partial charge in [0.05, 0.1) is 19.8 Å². The first-order valence-electron chi connectivity index (χ1n) is 6.53. The van der Waals surface area contributed by atoms with Crippen molar-refractivity contribution >= 4 is 5.91 Å². The Bertz CT molecular complexity index is 457. The third-order valence-corrected chi connectivity index (χ3v) is 3.90. The molecule has 0 saturated carbocycles. The second kappa shape index (κ2) is 5.21. The SMILES string of the molecule is COc1ccc([C@H](C)N2CC(C)(CO)CC2=O)cc1. The Hall–Kier alpha value is -1.55. The van der Waals surface area contributed by atoms with Crippen LogP contribution in [0.15, 0.2) is 24.3 Å². The molecule has 19 heavy (non-hydrogen) atoms. The number of hydrogen-bond donors (Lipinski definition) is 1. The van der Waals surface area contributed by atoms with Gasteiger partial charge in [0, 0.05) is 18.4 Å². The number of aliphatic hydroxyl groups excluding tert-OH is 1. The van der Waals surface area contributed by atoms with Gasteiger partial charge in [-0.3, -0.25) is 4.79 Å². The molecule has 1 fully saturated rings. The Morgan fingerprint density at radius 3 is 2.53 bits per heavy atom. The van der Waals surface area contributed by atoms with Crippen LogP contribution in [0, 0.1) is 5.41 Å². The van der Waals surface area contributed by atoms with Gasteiger partial charge < -0.3 is 14.7 Å². The van der Waals surface area contributed by atoms with E-state index in [1.54, 1.807) is 7.11 Å². The summed E-state index contributed by atoms with van der Waals surface area (Å²) in [6, 6.07) is 7.78. The predicted octanol–water partition coefficient (Wildman–Crippen LogP) is 1.99. The monoisotopic (exact) mass is 263 g/mol. The van der Waals surface area contributed by atoms with Crippen LogP contribution in [0.4, 0.5) is 0 Å². The van der Waals surface area contributed by atoms with Gasteiger partial charge in [0.1, 0.15) is 5.75 Å². The Kier molecular flexibility index (Phi) is 3.80. The predicted molar refractivity (Wildman–Crippen MR) is 72.9 cm³/mol. The number of nitrogens with zero attached hydrogens (tertiary/aromatic N) is 1. The molecule has 4 heteroatoms. The maximum Gasteiger partial charge on any atom is 0.223 e. The Morgan fingerprint density at radius 2 is 2.05 bits per heavy atom. The number of benzene rings is 1. The molecule has 1 amide bonds. The van der Waals surface area contributed by atoms with Gasteiger partial charge >= 0.3 is 0 Å². The summed E-state index contributed by atoms with van der Waals surface area (Å²) in [6.45, 7) is 4.62. The van der Waals surface area contributed by atoms with Gasteiger partial charge in [0.25, 0.3) is 0 Å². The topological polar surface area (TPSA) is 49.8 Å². The Labute approximate surface area is 114 Å². The van der Waals surface area contributed by atoms with E-state index in [1.807, 2.05) is 43.0 Å². The van der Waals surface area contributed by atoms with Crippen LogP contribution in [-0.2, 0) is 4.79 Å². The Balaban J connectivity index is 2.15. The zero-order valence-electron chi connectivity index (χ0n) is 11.7. The summed E-state index contributed by atoms with van der Waals surface area (Å²) in [6.07, 6.45) is 0.421. The van der Waals surface area contributed by atoms with Crippen molar-refractivity contribution in [2.45, 2.75) is 26.3 Å². The quantitative estimate of drug-likeness (QED) is 0.903. The van der Waals surface area contributed by atoms with Crippen molar-refractivity contribution in [3.63, 3.8) is 0 Å². The van der Waals surface area contributed by atoms with Gasteiger partial charge in [0.15, 0.2) is 0 Å². The molecule has 1 unspecified atom stereocenters. The fourth-order valence-corrected chi connectivity index (χ4v) is 2.54. The molecule has 2 rings (SSSR count). The van der Waals surface area contributed by atoms with Crippen molar-refractivity contribution in [1.29, 1.82) is 0 Å². The average Bonchev–Trinajstić information content (AvgIpc) is 2.74. The third kappa shape index (κ3) is 2.73. The highest BCUT2D eigenvalue weighted by atomic mass is 16.5. The number of likely N-dealkylation sites (tertiary alicyclic amines) is 1. The van der Waals surface area contributed by atoms with E-state index in [9.17, 15) is 9.90 Å². The Morgan fingerprint density at radius 1 is 1.42 bits per heavy atom. The summed E-state index contributed by atoms with van der Waals surface area (Å²) in [4.78, 5) is 13.9. The fourth-order valence-electron chi connectivity index (χ4n) is 2.54. The minimum atomic E-state index is -0.308. The lowest BCUT2D eigenvalue weighted by atomic mass is 9.91. The number of aliphatic hydroxyl groups is 1. The minimum Gasteiger partial charge on any atom is -0.497 e. The molecule has 0 aliphatic carbocycles. The van der Waals surface area contributed by atoms with Crippen LogP contribution in [0.2, 0.25) is 0 Å². The third-order valence-electron chi connectivity index (χ3n) is 3.90. The number of carbonyl (C=O) groups is 1. The van der Waals surface area contributed by atoms with Crippen molar-refractivity contribution in [1.82, 2.24) is 4.90 Å². The number of methoxy groups -OCH3 is 1. The number of ether oxygens (including phenoxy) is 1. The molecular weight excluding hydrogens is 242 g/mol. The zero-order chi connectivity index (χ0) is 14.0. The van der Waals surface area contributed by atoms with Crippen LogP contribution < -0.4 is 4.74 Å². The number of carbonyl (C=O) groups excluding carboxylic acids is 1. The number of amides is 1. The van der Waals surface area contributed by atoms with E-state index in [4.69, 9.17) is 4.74 Å². The van der Waals surface area contributed by atoms with Crippen LogP contribution in [0.25, 0.3) is 0 Å². The number of hydrogen-bond acceptors (Lipinski definition) is 3. The lowest BCUT2D eigenvalue weighted by Gasteiger charge is -2.27. The smallest absolute Gasteiger partial charge is 0.223 e. The maximum atomic E-state index is 12.1. The lowest BCUT2D eigenvalue weighted by molar-refractivity contribution is -0.129. The van der Waals surface area contributed by atoms with E-state index in [-0.39, 0.29) is 24.0 Å². The van der Waals surface area contributed by atoms with Crippen molar-refractivity contribution in [2.24, 2.45) is 5.41 Å². The van der Waals surface area contributed by atoms with Gasteiger partial charge in [0.2, 0.25) is 5.91 Å². The second-order valence-corrected chi connectivity index (χ2v) is 5.62. The summed E-state index contributed by atoms with van der Waals surface area (Å²) in [5, 5.41) is 9.39. The largest absolute Gasteiger partial charge is 0.497 e. The molecule has 1 aliphatic rings. The molecule has 0 spiro atoms. The first-order chi connectivity index (χ1) is 8.99. The van der Waals surface area contributed by atoms with Gasteiger partial charge in [-0.2, -0.15) is 0 Å². The van der Waals surface area contributed by atoms with E-state index >= 15 is 0 Å². The van der Waals surface area contributed by atoms with Gasteiger partial charge in [-0.25, -0.2) is 0 Å². The molecule has 1 aromatic carbocycles. The molecule has 1 aromatic rings. The van der Waals surface area contributed by atoms with Crippen molar-refractivity contribution in [3.05, 3.63) is 29.8 Å². The van der Waals surface area contributed by atoms with Gasteiger partial charge in [-0.05, 0) is 24.6 Å². The molecule has 0 radical (unpaired) electrons. The average molecular weight is 263 g/mol. The normalized spacial score (nSPS) is 24.6.